The molecule has 2 rings (SSSR count). The molecule has 0 saturated heterocycles. The molecule has 5 nitrogen and oxygen atoms in total. The Morgan fingerprint density at radius 2 is 2.05 bits per heavy atom. The van der Waals surface area contributed by atoms with E-state index >= 15 is 0 Å². The molecule has 1 aliphatic rings. The van der Waals surface area contributed by atoms with E-state index in [-0.39, 0.29) is 29.2 Å². The number of halogens is 1. The summed E-state index contributed by atoms with van der Waals surface area (Å²) in [6.07, 6.45) is 4.05. The second kappa shape index (κ2) is 6.45. The van der Waals surface area contributed by atoms with Gasteiger partial charge in [-0.25, -0.2) is 4.39 Å². The summed E-state index contributed by atoms with van der Waals surface area (Å²) in [5, 5.41) is 12.4. The maximum Gasteiger partial charge on any atom is 0.308 e. The third kappa shape index (κ3) is 2.95. The van der Waals surface area contributed by atoms with Crippen molar-refractivity contribution in [1.82, 2.24) is 4.98 Å². The zero-order valence-corrected chi connectivity index (χ0v) is 11.3. The molecule has 1 fully saturated rings. The molecule has 108 valence electrons. The zero-order valence-electron chi connectivity index (χ0n) is 11.3. The summed E-state index contributed by atoms with van der Waals surface area (Å²) >= 11 is 0. The maximum absolute atomic E-state index is 13.7. The van der Waals surface area contributed by atoms with Gasteiger partial charge in [0, 0.05) is 12.1 Å². The predicted octanol–water partition coefficient (Wildman–Crippen LogP) is 2.38. The molecule has 0 spiro atoms. The van der Waals surface area contributed by atoms with Crippen LogP contribution in [0.25, 0.3) is 0 Å². The first kappa shape index (κ1) is 14.4. The summed E-state index contributed by atoms with van der Waals surface area (Å²) in [4.78, 5) is 15.4. The number of rotatable bonds is 3. The van der Waals surface area contributed by atoms with Crippen LogP contribution in [0.4, 0.5) is 4.39 Å². The largest absolute Gasteiger partial charge is 0.469 e. The van der Waals surface area contributed by atoms with Crippen molar-refractivity contribution in [2.45, 2.75) is 25.7 Å². The van der Waals surface area contributed by atoms with E-state index in [1.54, 1.807) is 0 Å². The first-order chi connectivity index (χ1) is 9.67. The van der Waals surface area contributed by atoms with E-state index in [2.05, 4.69) is 10.1 Å². The van der Waals surface area contributed by atoms with Crippen LogP contribution in [0.2, 0.25) is 0 Å². The van der Waals surface area contributed by atoms with Gasteiger partial charge in [-0.3, -0.25) is 9.78 Å². The fourth-order valence-corrected chi connectivity index (χ4v) is 2.67. The normalized spacial score (nSPS) is 23.4. The van der Waals surface area contributed by atoms with Gasteiger partial charge >= 0.3 is 5.97 Å². The van der Waals surface area contributed by atoms with E-state index in [1.165, 1.54) is 25.4 Å². The van der Waals surface area contributed by atoms with Crippen LogP contribution in [0.15, 0.2) is 23.5 Å². The fraction of sp³-hybridized carbons (Fsp3) is 0.500. The molecule has 1 saturated carbocycles. The molecule has 1 heterocycles. The molecule has 1 aliphatic carbocycles. The van der Waals surface area contributed by atoms with Gasteiger partial charge in [-0.05, 0) is 37.8 Å². The topological polar surface area (TPSA) is 71.8 Å². The number of hydrogen-bond donors (Lipinski definition) is 1. The van der Waals surface area contributed by atoms with Crippen molar-refractivity contribution in [2.75, 3.05) is 7.11 Å². The smallest absolute Gasteiger partial charge is 0.308 e. The molecule has 0 aliphatic heterocycles. The molecule has 0 unspecified atom stereocenters. The second-order valence-electron chi connectivity index (χ2n) is 4.89. The Labute approximate surface area is 116 Å². The van der Waals surface area contributed by atoms with Gasteiger partial charge in [0.15, 0.2) is 5.82 Å². The Bertz CT molecular complexity index is 511. The van der Waals surface area contributed by atoms with Gasteiger partial charge in [-0.2, -0.15) is 0 Å². The van der Waals surface area contributed by atoms with E-state index in [9.17, 15) is 9.18 Å². The first-order valence-corrected chi connectivity index (χ1v) is 6.58. The molecule has 6 heteroatoms. The van der Waals surface area contributed by atoms with Crippen molar-refractivity contribution in [3.63, 3.8) is 0 Å². The fourth-order valence-electron chi connectivity index (χ4n) is 2.67. The Kier molecular flexibility index (Phi) is 4.65. The van der Waals surface area contributed by atoms with Crippen molar-refractivity contribution in [1.29, 1.82) is 0 Å². The number of nitrogens with zero attached hydrogens (tertiary/aromatic N) is 2. The minimum atomic E-state index is -0.504. The molecule has 0 aromatic carbocycles. The number of carbonyl (C=O) groups excluding carboxylic acids is 1. The third-order valence-electron chi connectivity index (χ3n) is 3.76. The van der Waals surface area contributed by atoms with Crippen LogP contribution in [0.1, 0.15) is 31.4 Å². The van der Waals surface area contributed by atoms with Gasteiger partial charge in [-0.15, -0.1) is 0 Å². The van der Waals surface area contributed by atoms with Crippen LogP contribution in [-0.2, 0) is 9.53 Å². The van der Waals surface area contributed by atoms with Crippen molar-refractivity contribution in [3.8, 4) is 0 Å². The molecular formula is C14H17FN2O3. The standard InChI is InChI=1S/C14H17FN2O3/c1-20-14(18)10-6-4-9(5-7-10)12(17-19)13-11(15)3-2-8-16-13/h2-3,8-10,19H,4-7H2,1H3/b17-12-/t9-,10-. The van der Waals surface area contributed by atoms with Gasteiger partial charge < -0.3 is 9.94 Å². The first-order valence-electron chi connectivity index (χ1n) is 6.58. The Balaban J connectivity index is 2.09. The van der Waals surface area contributed by atoms with E-state index in [0.29, 0.717) is 25.7 Å². The Morgan fingerprint density at radius 1 is 1.40 bits per heavy atom. The monoisotopic (exact) mass is 280 g/mol. The molecule has 0 amide bonds. The molecule has 1 aromatic heterocycles. The van der Waals surface area contributed by atoms with E-state index < -0.39 is 5.82 Å². The van der Waals surface area contributed by atoms with Crippen LogP contribution in [0.5, 0.6) is 0 Å². The quantitative estimate of drug-likeness (QED) is 0.399. The number of esters is 1. The van der Waals surface area contributed by atoms with Crippen molar-refractivity contribution < 1.29 is 19.1 Å². The van der Waals surface area contributed by atoms with Crippen molar-refractivity contribution >= 4 is 11.7 Å². The minimum absolute atomic E-state index is 0.0801. The van der Waals surface area contributed by atoms with Crippen molar-refractivity contribution in [3.05, 3.63) is 29.8 Å². The molecule has 0 radical (unpaired) electrons. The minimum Gasteiger partial charge on any atom is -0.469 e. The van der Waals surface area contributed by atoms with Crippen LogP contribution in [0, 0.1) is 17.7 Å². The Hall–Kier alpha value is -1.98. The lowest BCUT2D eigenvalue weighted by Gasteiger charge is -2.27. The summed E-state index contributed by atoms with van der Waals surface area (Å²) in [6.45, 7) is 0. The highest BCUT2D eigenvalue weighted by molar-refractivity contribution is 6.00. The number of oxime groups is 1. The molecule has 1 N–H and O–H groups in total. The SMILES string of the molecule is COC(=O)[C@H]1CC[C@H](/C(=N/O)c2ncccc2F)CC1. The average Bonchev–Trinajstić information content (AvgIpc) is 2.50. The highest BCUT2D eigenvalue weighted by atomic mass is 19.1. The lowest BCUT2D eigenvalue weighted by molar-refractivity contribution is -0.146. The number of methoxy groups -OCH3 is 1. The number of aromatic nitrogens is 1. The molecule has 0 atom stereocenters. The van der Waals surface area contributed by atoms with Crippen LogP contribution in [-0.4, -0.2) is 29.0 Å². The average molecular weight is 280 g/mol. The summed E-state index contributed by atoms with van der Waals surface area (Å²) in [5.74, 6) is -0.930. The Morgan fingerprint density at radius 3 is 2.60 bits per heavy atom. The van der Waals surface area contributed by atoms with Gasteiger partial charge in [0.2, 0.25) is 0 Å². The van der Waals surface area contributed by atoms with Gasteiger partial charge in [0.1, 0.15) is 11.4 Å². The highest BCUT2D eigenvalue weighted by Gasteiger charge is 2.31. The van der Waals surface area contributed by atoms with E-state index in [0.717, 1.165) is 0 Å². The van der Waals surface area contributed by atoms with Crippen LogP contribution in [0.3, 0.4) is 0 Å². The van der Waals surface area contributed by atoms with Gasteiger partial charge in [-0.1, -0.05) is 5.16 Å². The summed E-state index contributed by atoms with van der Waals surface area (Å²) in [6, 6.07) is 2.77. The molecule has 0 bridgehead atoms. The van der Waals surface area contributed by atoms with E-state index in [4.69, 9.17) is 9.94 Å². The van der Waals surface area contributed by atoms with Crippen LogP contribution >= 0.6 is 0 Å². The number of ether oxygens (including phenoxy) is 1. The van der Waals surface area contributed by atoms with E-state index in [1.807, 2.05) is 0 Å². The lowest BCUT2D eigenvalue weighted by Crippen LogP contribution is -2.28. The van der Waals surface area contributed by atoms with Crippen molar-refractivity contribution in [2.24, 2.45) is 17.0 Å². The highest BCUT2D eigenvalue weighted by Crippen LogP contribution is 2.32. The summed E-state index contributed by atoms with van der Waals surface area (Å²) < 4.78 is 18.4. The summed E-state index contributed by atoms with van der Waals surface area (Å²) in [5.41, 5.74) is 0.336. The third-order valence-corrected chi connectivity index (χ3v) is 3.76. The second-order valence-corrected chi connectivity index (χ2v) is 4.89. The molecular weight excluding hydrogens is 263 g/mol. The van der Waals surface area contributed by atoms with Gasteiger partial charge in [0.05, 0.1) is 13.0 Å². The van der Waals surface area contributed by atoms with Crippen LogP contribution < -0.4 is 0 Å². The summed E-state index contributed by atoms with van der Waals surface area (Å²) in [7, 11) is 1.37. The molecule has 20 heavy (non-hydrogen) atoms. The molecule has 1 aromatic rings. The number of hydrogen-bond acceptors (Lipinski definition) is 5. The zero-order chi connectivity index (χ0) is 14.5. The number of carbonyl (C=O) groups is 1. The maximum atomic E-state index is 13.7. The number of pyridine rings is 1. The van der Waals surface area contributed by atoms with Gasteiger partial charge in [0.25, 0.3) is 0 Å². The predicted molar refractivity (Wildman–Crippen MR) is 70.0 cm³/mol. The lowest BCUT2D eigenvalue weighted by atomic mass is 9.79.